The zero-order valence-electron chi connectivity index (χ0n) is 9.30. The van der Waals surface area contributed by atoms with E-state index < -0.39 is 11.2 Å². The van der Waals surface area contributed by atoms with Gasteiger partial charge in [0.2, 0.25) is 0 Å². The molecular formula is C9H12N4O3. The van der Waals surface area contributed by atoms with Crippen molar-refractivity contribution in [2.75, 3.05) is 6.61 Å². The third-order valence-corrected chi connectivity index (χ3v) is 2.34. The van der Waals surface area contributed by atoms with Crippen molar-refractivity contribution in [2.24, 2.45) is 14.1 Å². The van der Waals surface area contributed by atoms with Crippen molar-refractivity contribution < 1.29 is 4.84 Å². The Morgan fingerprint density at radius 1 is 1.38 bits per heavy atom. The third-order valence-electron chi connectivity index (χ3n) is 2.34. The lowest BCUT2D eigenvalue weighted by atomic mass is 10.5. The smallest absolute Gasteiger partial charge is 0.366 e. The zero-order valence-corrected chi connectivity index (χ0v) is 9.30. The molecule has 0 N–H and O–H groups in total. The molecule has 16 heavy (non-hydrogen) atoms. The van der Waals surface area contributed by atoms with Crippen LogP contribution in [0, 0.1) is 0 Å². The number of fused-ring (bicyclic) bond motifs is 1. The van der Waals surface area contributed by atoms with Crippen LogP contribution in [0.5, 0.6) is 0 Å². The average Bonchev–Trinajstić information content (AvgIpc) is 2.64. The summed E-state index contributed by atoms with van der Waals surface area (Å²) in [5.74, 6) is 0. The molecule has 86 valence electrons. The second kappa shape index (κ2) is 3.51. The molecule has 2 rings (SSSR count). The van der Waals surface area contributed by atoms with Crippen LogP contribution < -0.4 is 16.1 Å². The van der Waals surface area contributed by atoms with E-state index in [-0.39, 0.29) is 6.61 Å². The van der Waals surface area contributed by atoms with Crippen molar-refractivity contribution in [3.05, 3.63) is 27.2 Å². The summed E-state index contributed by atoms with van der Waals surface area (Å²) >= 11 is 0. The Bertz CT molecular complexity index is 649. The number of aromatic nitrogens is 4. The van der Waals surface area contributed by atoms with E-state index in [1.807, 2.05) is 0 Å². The first-order chi connectivity index (χ1) is 7.57. The molecule has 0 spiro atoms. The molecule has 0 fully saturated rings. The average molecular weight is 224 g/mol. The summed E-state index contributed by atoms with van der Waals surface area (Å²) in [4.78, 5) is 32.7. The second-order valence-electron chi connectivity index (χ2n) is 3.39. The summed E-state index contributed by atoms with van der Waals surface area (Å²) in [6, 6.07) is 0. The standard InChI is InChI=1S/C9H12N4O3/c1-4-16-13-8(14)6-7(10-5-11(6)2)12(3)9(13)15/h5H,4H2,1-3H3. The van der Waals surface area contributed by atoms with E-state index >= 15 is 0 Å². The van der Waals surface area contributed by atoms with Gasteiger partial charge in [0.1, 0.15) is 6.61 Å². The van der Waals surface area contributed by atoms with Crippen LogP contribution in [0.2, 0.25) is 0 Å². The van der Waals surface area contributed by atoms with Gasteiger partial charge in [0.15, 0.2) is 11.2 Å². The predicted molar refractivity (Wildman–Crippen MR) is 57.3 cm³/mol. The van der Waals surface area contributed by atoms with Crippen LogP contribution in [0.1, 0.15) is 6.92 Å². The van der Waals surface area contributed by atoms with Gasteiger partial charge in [-0.15, -0.1) is 0 Å². The van der Waals surface area contributed by atoms with E-state index in [0.717, 1.165) is 4.73 Å². The minimum atomic E-state index is -0.530. The SMILES string of the molecule is CCOn1c(=O)c2c(ncn2C)n(C)c1=O. The minimum Gasteiger partial charge on any atom is -0.406 e. The zero-order chi connectivity index (χ0) is 11.9. The van der Waals surface area contributed by atoms with Crippen LogP contribution in [-0.2, 0) is 14.1 Å². The van der Waals surface area contributed by atoms with Gasteiger partial charge in [-0.2, -0.15) is 0 Å². The molecule has 0 bridgehead atoms. The highest BCUT2D eigenvalue weighted by atomic mass is 16.7. The molecule has 2 aromatic heterocycles. The van der Waals surface area contributed by atoms with Gasteiger partial charge < -0.3 is 9.40 Å². The number of imidazole rings is 1. The molecule has 0 aliphatic rings. The van der Waals surface area contributed by atoms with Crippen molar-refractivity contribution in [3.8, 4) is 0 Å². The van der Waals surface area contributed by atoms with E-state index in [0.29, 0.717) is 11.2 Å². The molecule has 0 aliphatic heterocycles. The topological polar surface area (TPSA) is 71.1 Å². The molecule has 0 radical (unpaired) electrons. The van der Waals surface area contributed by atoms with Gasteiger partial charge in [0.25, 0.3) is 0 Å². The largest absolute Gasteiger partial charge is 0.406 e. The van der Waals surface area contributed by atoms with Gasteiger partial charge in [-0.1, -0.05) is 4.73 Å². The van der Waals surface area contributed by atoms with Crippen molar-refractivity contribution in [1.29, 1.82) is 0 Å². The Morgan fingerprint density at radius 3 is 2.69 bits per heavy atom. The summed E-state index contributed by atoms with van der Waals surface area (Å²) in [5.41, 5.74) is -0.318. The number of hydrogen-bond donors (Lipinski definition) is 0. The summed E-state index contributed by atoms with van der Waals surface area (Å²) in [5, 5.41) is 0. The van der Waals surface area contributed by atoms with Crippen LogP contribution in [0.4, 0.5) is 0 Å². The maximum absolute atomic E-state index is 11.9. The Hall–Kier alpha value is -2.05. The molecule has 0 aromatic carbocycles. The van der Waals surface area contributed by atoms with Crippen molar-refractivity contribution in [1.82, 2.24) is 18.8 Å². The third kappa shape index (κ3) is 1.24. The molecule has 0 saturated heterocycles. The molecule has 0 atom stereocenters. The Kier molecular flexibility index (Phi) is 2.30. The Morgan fingerprint density at radius 2 is 2.06 bits per heavy atom. The second-order valence-corrected chi connectivity index (χ2v) is 3.39. The van der Waals surface area contributed by atoms with Gasteiger partial charge in [-0.25, -0.2) is 9.78 Å². The highest BCUT2D eigenvalue weighted by molar-refractivity contribution is 5.69. The highest BCUT2D eigenvalue weighted by Crippen LogP contribution is 2.01. The number of rotatable bonds is 2. The normalized spacial score (nSPS) is 10.9. The lowest BCUT2D eigenvalue weighted by molar-refractivity contribution is 0.101. The molecule has 2 aromatic rings. The Balaban J connectivity index is 2.98. The van der Waals surface area contributed by atoms with Gasteiger partial charge in [-0.3, -0.25) is 9.36 Å². The van der Waals surface area contributed by atoms with Crippen molar-refractivity contribution >= 4 is 11.2 Å². The number of aryl methyl sites for hydroxylation is 2. The first-order valence-electron chi connectivity index (χ1n) is 4.84. The van der Waals surface area contributed by atoms with Gasteiger partial charge in [0, 0.05) is 14.1 Å². The molecule has 0 saturated carbocycles. The van der Waals surface area contributed by atoms with Crippen LogP contribution >= 0.6 is 0 Å². The highest BCUT2D eigenvalue weighted by Gasteiger charge is 2.14. The quantitative estimate of drug-likeness (QED) is 0.648. The van der Waals surface area contributed by atoms with Crippen LogP contribution in [0.25, 0.3) is 11.2 Å². The van der Waals surface area contributed by atoms with Crippen LogP contribution in [0.15, 0.2) is 15.9 Å². The summed E-state index contributed by atoms with van der Waals surface area (Å²) in [6.07, 6.45) is 1.49. The Labute approximate surface area is 90.5 Å². The lowest BCUT2D eigenvalue weighted by Crippen LogP contribution is -2.43. The van der Waals surface area contributed by atoms with Gasteiger partial charge in [0.05, 0.1) is 6.33 Å². The van der Waals surface area contributed by atoms with Gasteiger partial charge in [-0.05, 0) is 6.92 Å². The number of hydrogen-bond acceptors (Lipinski definition) is 4. The molecule has 2 heterocycles. The van der Waals surface area contributed by atoms with Gasteiger partial charge >= 0.3 is 11.2 Å². The maximum Gasteiger partial charge on any atom is 0.366 e. The first-order valence-corrected chi connectivity index (χ1v) is 4.84. The van der Waals surface area contributed by atoms with Crippen LogP contribution in [0.3, 0.4) is 0 Å². The van der Waals surface area contributed by atoms with E-state index in [2.05, 4.69) is 4.98 Å². The van der Waals surface area contributed by atoms with Crippen molar-refractivity contribution in [3.63, 3.8) is 0 Å². The summed E-state index contributed by atoms with van der Waals surface area (Å²) in [7, 11) is 3.24. The fraction of sp³-hybridized carbons (Fsp3) is 0.444. The molecule has 0 aliphatic carbocycles. The molecule has 7 heteroatoms. The lowest BCUT2D eigenvalue weighted by Gasteiger charge is -2.07. The van der Waals surface area contributed by atoms with E-state index in [4.69, 9.17) is 4.84 Å². The summed E-state index contributed by atoms with van der Waals surface area (Å²) < 4.78 is 3.60. The van der Waals surface area contributed by atoms with E-state index in [1.54, 1.807) is 25.6 Å². The van der Waals surface area contributed by atoms with E-state index in [1.165, 1.54) is 10.9 Å². The summed E-state index contributed by atoms with van der Waals surface area (Å²) in [6.45, 7) is 1.96. The fourth-order valence-electron chi connectivity index (χ4n) is 1.56. The van der Waals surface area contributed by atoms with Crippen LogP contribution in [-0.4, -0.2) is 25.5 Å². The first kappa shape index (κ1) is 10.5. The predicted octanol–water partition coefficient (Wildman–Crippen LogP) is -1.12. The molecule has 0 unspecified atom stereocenters. The maximum atomic E-state index is 11.9. The molecule has 0 amide bonds. The van der Waals surface area contributed by atoms with E-state index in [9.17, 15) is 9.59 Å². The fourth-order valence-corrected chi connectivity index (χ4v) is 1.56. The van der Waals surface area contributed by atoms with Crippen molar-refractivity contribution in [2.45, 2.75) is 6.92 Å². The minimum absolute atomic E-state index is 0.249. The monoisotopic (exact) mass is 224 g/mol. The molecular weight excluding hydrogens is 212 g/mol. The molecule has 7 nitrogen and oxygen atoms in total. The number of nitrogens with zero attached hydrogens (tertiary/aromatic N) is 4.